The van der Waals surface area contributed by atoms with Crippen LogP contribution in [0.3, 0.4) is 0 Å². The Bertz CT molecular complexity index is 792. The lowest BCUT2D eigenvalue weighted by atomic mass is 10.1. The van der Waals surface area contributed by atoms with Crippen LogP contribution < -0.4 is 10.6 Å². The van der Waals surface area contributed by atoms with Gasteiger partial charge in [0, 0.05) is 43.4 Å². The Kier molecular flexibility index (Phi) is 7.01. The summed E-state index contributed by atoms with van der Waals surface area (Å²) in [5.41, 5.74) is 2.13. The maximum absolute atomic E-state index is 12.1. The van der Waals surface area contributed by atoms with Crippen molar-refractivity contribution in [2.75, 3.05) is 32.5 Å². The van der Waals surface area contributed by atoms with Crippen LogP contribution in [0.4, 0.5) is 5.69 Å². The molecule has 136 valence electrons. The number of hydrogen-bond donors (Lipinski definition) is 2. The van der Waals surface area contributed by atoms with Gasteiger partial charge in [-0.1, -0.05) is 34.1 Å². The smallest absolute Gasteiger partial charge is 0.242 e. The van der Waals surface area contributed by atoms with Crippen molar-refractivity contribution in [2.24, 2.45) is 0 Å². The van der Waals surface area contributed by atoms with E-state index in [1.807, 2.05) is 36.4 Å². The average Bonchev–Trinajstić information content (AvgIpc) is 2.58. The van der Waals surface area contributed by atoms with Crippen molar-refractivity contribution in [3.05, 3.63) is 58.6 Å². The van der Waals surface area contributed by atoms with E-state index in [-0.39, 0.29) is 6.04 Å². The highest BCUT2D eigenvalue weighted by Gasteiger charge is 2.17. The van der Waals surface area contributed by atoms with Crippen LogP contribution in [0, 0.1) is 0 Å². The predicted octanol–water partition coefficient (Wildman–Crippen LogP) is 3.46. The number of nitrogens with one attached hydrogen (secondary N) is 2. The summed E-state index contributed by atoms with van der Waals surface area (Å²) >= 11 is 3.45. The summed E-state index contributed by atoms with van der Waals surface area (Å²) in [6, 6.07) is 15.2. The lowest BCUT2D eigenvalue weighted by Crippen LogP contribution is -2.25. The van der Waals surface area contributed by atoms with Gasteiger partial charge >= 0.3 is 0 Å². The number of anilines is 1. The molecular weight excluding hydrogens is 402 g/mol. The van der Waals surface area contributed by atoms with E-state index < -0.39 is 10.0 Å². The van der Waals surface area contributed by atoms with Crippen molar-refractivity contribution >= 4 is 31.6 Å². The van der Waals surface area contributed by atoms with Crippen LogP contribution >= 0.6 is 15.9 Å². The highest BCUT2D eigenvalue weighted by atomic mass is 79.9. The topological polar surface area (TPSA) is 61.4 Å². The Balaban J connectivity index is 1.85. The van der Waals surface area contributed by atoms with Gasteiger partial charge in [0.05, 0.1) is 4.90 Å². The molecule has 0 amide bonds. The molecule has 25 heavy (non-hydrogen) atoms. The Labute approximate surface area is 158 Å². The summed E-state index contributed by atoms with van der Waals surface area (Å²) in [6.07, 6.45) is 0. The minimum atomic E-state index is -3.38. The highest BCUT2D eigenvalue weighted by Crippen LogP contribution is 2.18. The molecule has 2 N–H and O–H groups in total. The first-order valence-electron chi connectivity index (χ1n) is 8.06. The average molecular weight is 426 g/mol. The van der Waals surface area contributed by atoms with Gasteiger partial charge in [0.1, 0.15) is 0 Å². The quantitative estimate of drug-likeness (QED) is 0.635. The van der Waals surface area contributed by atoms with Gasteiger partial charge in [-0.15, -0.1) is 0 Å². The van der Waals surface area contributed by atoms with Crippen LogP contribution in [0.2, 0.25) is 0 Å². The first kappa shape index (κ1) is 19.9. The molecule has 7 heteroatoms. The van der Waals surface area contributed by atoms with E-state index in [1.54, 1.807) is 12.1 Å². The van der Waals surface area contributed by atoms with Crippen LogP contribution in [0.25, 0.3) is 0 Å². The van der Waals surface area contributed by atoms with Crippen molar-refractivity contribution in [2.45, 2.75) is 17.9 Å². The van der Waals surface area contributed by atoms with E-state index in [2.05, 4.69) is 33.5 Å². The molecule has 2 aromatic rings. The first-order chi connectivity index (χ1) is 11.8. The minimum Gasteiger partial charge on any atom is -0.384 e. The van der Waals surface area contributed by atoms with Gasteiger partial charge < -0.3 is 10.6 Å². The van der Waals surface area contributed by atoms with Gasteiger partial charge in [0.25, 0.3) is 0 Å². The second-order valence-corrected chi connectivity index (χ2v) is 9.04. The molecule has 1 atom stereocenters. The number of nitrogens with zero attached hydrogens (tertiary/aromatic N) is 1. The lowest BCUT2D eigenvalue weighted by Gasteiger charge is -2.16. The monoisotopic (exact) mass is 425 g/mol. The molecule has 2 rings (SSSR count). The zero-order valence-corrected chi connectivity index (χ0v) is 17.1. The summed E-state index contributed by atoms with van der Waals surface area (Å²) in [6.45, 7) is 3.66. The second kappa shape index (κ2) is 8.80. The summed E-state index contributed by atoms with van der Waals surface area (Å²) in [5.74, 6) is 0. The van der Waals surface area contributed by atoms with Gasteiger partial charge in [0.15, 0.2) is 0 Å². The number of hydrogen-bond acceptors (Lipinski definition) is 4. The van der Waals surface area contributed by atoms with Crippen LogP contribution in [0.15, 0.2) is 57.9 Å². The van der Waals surface area contributed by atoms with Gasteiger partial charge in [-0.2, -0.15) is 0 Å². The summed E-state index contributed by atoms with van der Waals surface area (Å²) in [4.78, 5) is 0.310. The molecule has 0 fully saturated rings. The van der Waals surface area contributed by atoms with E-state index in [9.17, 15) is 8.42 Å². The van der Waals surface area contributed by atoms with E-state index in [1.165, 1.54) is 18.4 Å². The SMILES string of the molecule is C[C@H](NCCNc1cccc(Br)c1)c1ccc(S(=O)(=O)N(C)C)cc1. The lowest BCUT2D eigenvalue weighted by molar-refractivity contribution is 0.520. The van der Waals surface area contributed by atoms with Crippen molar-refractivity contribution in [3.63, 3.8) is 0 Å². The van der Waals surface area contributed by atoms with E-state index in [0.29, 0.717) is 4.90 Å². The van der Waals surface area contributed by atoms with Crippen molar-refractivity contribution in [3.8, 4) is 0 Å². The molecule has 0 spiro atoms. The summed E-state index contributed by atoms with van der Waals surface area (Å²) in [7, 11) is -0.308. The van der Waals surface area contributed by atoms with Crippen LogP contribution in [-0.2, 0) is 10.0 Å². The molecule has 0 aromatic heterocycles. The molecule has 2 aromatic carbocycles. The van der Waals surface area contributed by atoms with Crippen LogP contribution in [-0.4, -0.2) is 39.9 Å². The molecule has 0 aliphatic heterocycles. The Morgan fingerprint density at radius 2 is 1.76 bits per heavy atom. The summed E-state index contributed by atoms with van der Waals surface area (Å²) < 4.78 is 26.4. The molecule has 0 bridgehead atoms. The molecule has 0 aliphatic carbocycles. The standard InChI is InChI=1S/C18H24BrN3O2S/c1-14(20-11-12-21-17-6-4-5-16(19)13-17)15-7-9-18(10-8-15)25(23,24)22(2)3/h4-10,13-14,20-21H,11-12H2,1-3H3/t14-/m0/s1. The van der Waals surface area contributed by atoms with Gasteiger partial charge in [0.2, 0.25) is 10.0 Å². The van der Waals surface area contributed by atoms with Crippen molar-refractivity contribution in [1.82, 2.24) is 9.62 Å². The molecular formula is C18H24BrN3O2S. The third kappa shape index (κ3) is 5.54. The predicted molar refractivity (Wildman–Crippen MR) is 106 cm³/mol. The third-order valence-electron chi connectivity index (χ3n) is 3.89. The molecule has 0 unspecified atom stereocenters. The number of rotatable bonds is 8. The number of sulfonamides is 1. The zero-order valence-electron chi connectivity index (χ0n) is 14.7. The highest BCUT2D eigenvalue weighted by molar-refractivity contribution is 9.10. The van der Waals surface area contributed by atoms with E-state index >= 15 is 0 Å². The Morgan fingerprint density at radius 1 is 1.08 bits per heavy atom. The van der Waals surface area contributed by atoms with E-state index in [4.69, 9.17) is 0 Å². The molecule has 0 heterocycles. The molecule has 5 nitrogen and oxygen atoms in total. The minimum absolute atomic E-state index is 0.139. The fourth-order valence-electron chi connectivity index (χ4n) is 2.35. The number of benzene rings is 2. The van der Waals surface area contributed by atoms with Crippen LogP contribution in [0.5, 0.6) is 0 Å². The normalized spacial score (nSPS) is 13.0. The van der Waals surface area contributed by atoms with Crippen LogP contribution in [0.1, 0.15) is 18.5 Å². The Hall–Kier alpha value is -1.41. The Morgan fingerprint density at radius 3 is 2.36 bits per heavy atom. The number of halogens is 1. The molecule has 0 radical (unpaired) electrons. The third-order valence-corrected chi connectivity index (χ3v) is 6.21. The second-order valence-electron chi connectivity index (χ2n) is 5.97. The summed E-state index contributed by atoms with van der Waals surface area (Å²) in [5, 5.41) is 6.79. The zero-order chi connectivity index (χ0) is 18.4. The maximum Gasteiger partial charge on any atom is 0.242 e. The largest absolute Gasteiger partial charge is 0.384 e. The van der Waals surface area contributed by atoms with Gasteiger partial charge in [-0.05, 0) is 42.8 Å². The van der Waals surface area contributed by atoms with Crippen molar-refractivity contribution in [1.29, 1.82) is 0 Å². The first-order valence-corrected chi connectivity index (χ1v) is 10.3. The van der Waals surface area contributed by atoms with E-state index in [0.717, 1.165) is 28.8 Å². The maximum atomic E-state index is 12.1. The fraction of sp³-hybridized carbons (Fsp3) is 0.333. The molecule has 0 saturated carbocycles. The van der Waals surface area contributed by atoms with Gasteiger partial charge in [-0.3, -0.25) is 0 Å². The molecule has 0 aliphatic rings. The molecule has 0 saturated heterocycles. The van der Waals surface area contributed by atoms with Gasteiger partial charge in [-0.25, -0.2) is 12.7 Å². The fourth-order valence-corrected chi connectivity index (χ4v) is 3.65. The van der Waals surface area contributed by atoms with Crippen molar-refractivity contribution < 1.29 is 8.42 Å².